The third-order valence-electron chi connectivity index (χ3n) is 4.74. The molecule has 0 aliphatic heterocycles. The van der Waals surface area contributed by atoms with E-state index in [2.05, 4.69) is 10.1 Å². The van der Waals surface area contributed by atoms with Crippen LogP contribution >= 0.6 is 0 Å². The maximum Gasteiger partial charge on any atom is 0.321 e. The van der Waals surface area contributed by atoms with E-state index in [9.17, 15) is 4.79 Å². The Morgan fingerprint density at radius 1 is 1.24 bits per heavy atom. The molecule has 0 atom stereocenters. The van der Waals surface area contributed by atoms with Crippen LogP contribution < -0.4 is 0 Å². The molecule has 2 fully saturated rings. The van der Waals surface area contributed by atoms with Crippen LogP contribution in [0.1, 0.15) is 82.3 Å². The number of carbonyl (C=O) groups is 1. The lowest BCUT2D eigenvalue weighted by atomic mass is 9.91. The van der Waals surface area contributed by atoms with Crippen LogP contribution in [0.15, 0.2) is 4.52 Å². The van der Waals surface area contributed by atoms with E-state index in [4.69, 9.17) is 9.26 Å². The molecule has 0 aromatic carbocycles. The molecule has 1 heterocycles. The minimum atomic E-state index is -0.636. The highest BCUT2D eigenvalue weighted by molar-refractivity contribution is 5.85. The molecule has 0 bridgehead atoms. The second kappa shape index (κ2) is 6.16. The summed E-state index contributed by atoms with van der Waals surface area (Å²) in [6, 6.07) is 0. The van der Waals surface area contributed by atoms with Crippen molar-refractivity contribution in [2.24, 2.45) is 0 Å². The van der Waals surface area contributed by atoms with Crippen molar-refractivity contribution in [1.82, 2.24) is 10.1 Å². The smallest absolute Gasteiger partial charge is 0.321 e. The first-order valence-electron chi connectivity index (χ1n) is 8.27. The van der Waals surface area contributed by atoms with Crippen LogP contribution in [0.3, 0.4) is 0 Å². The van der Waals surface area contributed by atoms with Crippen LogP contribution in [0.4, 0.5) is 0 Å². The lowest BCUT2D eigenvalue weighted by Gasteiger charge is -2.16. The Kier molecular flexibility index (Phi) is 4.27. The maximum atomic E-state index is 12.1. The Labute approximate surface area is 125 Å². The van der Waals surface area contributed by atoms with E-state index in [1.807, 2.05) is 6.92 Å². The van der Waals surface area contributed by atoms with Gasteiger partial charge in [-0.15, -0.1) is 0 Å². The predicted molar refractivity (Wildman–Crippen MR) is 76.9 cm³/mol. The lowest BCUT2D eigenvalue weighted by molar-refractivity contribution is -0.146. The fraction of sp³-hybridized carbons (Fsp3) is 0.812. The summed E-state index contributed by atoms with van der Waals surface area (Å²) in [6.45, 7) is 2.21. The van der Waals surface area contributed by atoms with Crippen molar-refractivity contribution < 1.29 is 14.1 Å². The molecule has 2 saturated carbocycles. The zero-order chi connectivity index (χ0) is 14.7. The van der Waals surface area contributed by atoms with Crippen molar-refractivity contribution in [3.05, 3.63) is 11.7 Å². The first-order valence-corrected chi connectivity index (χ1v) is 8.27. The van der Waals surface area contributed by atoms with Gasteiger partial charge in [-0.25, -0.2) is 0 Å². The average molecular weight is 292 g/mol. The molecule has 5 nitrogen and oxygen atoms in total. The molecular formula is C16H24N2O3. The average Bonchev–Trinajstić information content (AvgIpc) is 3.11. The molecule has 1 aromatic rings. The van der Waals surface area contributed by atoms with Crippen molar-refractivity contribution >= 4 is 5.97 Å². The summed E-state index contributed by atoms with van der Waals surface area (Å²) in [4.78, 5) is 16.6. The molecular weight excluding hydrogens is 268 g/mol. The van der Waals surface area contributed by atoms with Gasteiger partial charge < -0.3 is 9.26 Å². The highest BCUT2D eigenvalue weighted by Gasteiger charge is 2.57. The van der Waals surface area contributed by atoms with E-state index in [0.717, 1.165) is 31.5 Å². The number of hydrogen-bond acceptors (Lipinski definition) is 5. The Bertz CT molecular complexity index is 485. The molecule has 0 amide bonds. The van der Waals surface area contributed by atoms with E-state index in [0.29, 0.717) is 18.4 Å². The molecule has 3 rings (SSSR count). The number of esters is 1. The Hall–Kier alpha value is -1.39. The zero-order valence-electron chi connectivity index (χ0n) is 12.8. The monoisotopic (exact) mass is 292 g/mol. The Morgan fingerprint density at radius 2 is 1.90 bits per heavy atom. The first-order chi connectivity index (χ1) is 10.3. The van der Waals surface area contributed by atoms with Crippen LogP contribution in [-0.2, 0) is 14.9 Å². The molecule has 116 valence electrons. The van der Waals surface area contributed by atoms with Gasteiger partial charge in [0.2, 0.25) is 5.89 Å². The second-order valence-electron chi connectivity index (χ2n) is 6.30. The second-order valence-corrected chi connectivity index (χ2v) is 6.30. The van der Waals surface area contributed by atoms with Gasteiger partial charge in [0.15, 0.2) is 5.82 Å². The first kappa shape index (κ1) is 14.5. The van der Waals surface area contributed by atoms with Gasteiger partial charge in [-0.05, 0) is 32.6 Å². The summed E-state index contributed by atoms with van der Waals surface area (Å²) < 4.78 is 10.6. The molecule has 1 aromatic heterocycles. The lowest BCUT2D eigenvalue weighted by Crippen LogP contribution is -2.23. The third kappa shape index (κ3) is 2.97. The molecule has 2 aliphatic carbocycles. The van der Waals surface area contributed by atoms with Crippen LogP contribution in [0.5, 0.6) is 0 Å². The van der Waals surface area contributed by atoms with Crippen molar-refractivity contribution in [3.8, 4) is 0 Å². The Balaban J connectivity index is 1.72. The minimum Gasteiger partial charge on any atom is -0.465 e. The minimum absolute atomic E-state index is 0.210. The molecule has 21 heavy (non-hydrogen) atoms. The van der Waals surface area contributed by atoms with Gasteiger partial charge in [0.05, 0.1) is 6.61 Å². The molecule has 0 saturated heterocycles. The maximum absolute atomic E-state index is 12.1. The standard InChI is InChI=1S/C16H24N2O3/c1-2-20-15(19)16(10-11-16)14-17-13(18-21-14)12-8-6-4-3-5-7-9-12/h12H,2-11H2,1H3. The van der Waals surface area contributed by atoms with E-state index in [-0.39, 0.29) is 5.97 Å². The van der Waals surface area contributed by atoms with Crippen molar-refractivity contribution in [3.63, 3.8) is 0 Å². The summed E-state index contributed by atoms with van der Waals surface area (Å²) in [5.41, 5.74) is -0.636. The number of aromatic nitrogens is 2. The normalized spacial score (nSPS) is 22.3. The molecule has 5 heteroatoms. The molecule has 0 radical (unpaired) electrons. The quantitative estimate of drug-likeness (QED) is 0.795. The molecule has 0 spiro atoms. The number of rotatable bonds is 4. The number of hydrogen-bond donors (Lipinski definition) is 0. The fourth-order valence-corrected chi connectivity index (χ4v) is 3.21. The van der Waals surface area contributed by atoms with Crippen molar-refractivity contribution in [2.75, 3.05) is 6.61 Å². The third-order valence-corrected chi connectivity index (χ3v) is 4.74. The van der Waals surface area contributed by atoms with E-state index in [1.54, 1.807) is 0 Å². The summed E-state index contributed by atoms with van der Waals surface area (Å²) in [5.74, 6) is 1.44. The van der Waals surface area contributed by atoms with Gasteiger partial charge in [-0.1, -0.05) is 37.3 Å². The molecule has 0 N–H and O–H groups in total. The van der Waals surface area contributed by atoms with E-state index < -0.39 is 5.41 Å². The van der Waals surface area contributed by atoms with Gasteiger partial charge in [0, 0.05) is 5.92 Å². The fourth-order valence-electron chi connectivity index (χ4n) is 3.21. The summed E-state index contributed by atoms with van der Waals surface area (Å²) in [5, 5.41) is 4.17. The van der Waals surface area contributed by atoms with Gasteiger partial charge in [0.1, 0.15) is 5.41 Å². The van der Waals surface area contributed by atoms with Crippen LogP contribution in [0.2, 0.25) is 0 Å². The predicted octanol–water partition coefficient (Wildman–Crippen LogP) is 3.49. The van der Waals surface area contributed by atoms with Gasteiger partial charge in [-0.3, -0.25) is 4.79 Å². The van der Waals surface area contributed by atoms with Crippen molar-refractivity contribution in [2.45, 2.75) is 76.0 Å². The molecule has 2 aliphatic rings. The van der Waals surface area contributed by atoms with Gasteiger partial charge >= 0.3 is 5.97 Å². The van der Waals surface area contributed by atoms with Crippen LogP contribution in [-0.4, -0.2) is 22.7 Å². The van der Waals surface area contributed by atoms with Gasteiger partial charge in [-0.2, -0.15) is 4.98 Å². The SMILES string of the molecule is CCOC(=O)C1(c2nc(C3CCCCCCC3)no2)CC1. The number of carbonyl (C=O) groups excluding carboxylic acids is 1. The zero-order valence-corrected chi connectivity index (χ0v) is 12.8. The molecule has 0 unspecified atom stereocenters. The highest BCUT2D eigenvalue weighted by Crippen LogP contribution is 2.48. The summed E-state index contributed by atoms with van der Waals surface area (Å²) >= 11 is 0. The topological polar surface area (TPSA) is 65.2 Å². The van der Waals surface area contributed by atoms with E-state index >= 15 is 0 Å². The summed E-state index contributed by atoms with van der Waals surface area (Å²) in [7, 11) is 0. The largest absolute Gasteiger partial charge is 0.465 e. The highest BCUT2D eigenvalue weighted by atomic mass is 16.5. The summed E-state index contributed by atoms with van der Waals surface area (Å²) in [6.07, 6.45) is 10.2. The van der Waals surface area contributed by atoms with Crippen LogP contribution in [0.25, 0.3) is 0 Å². The van der Waals surface area contributed by atoms with Crippen molar-refractivity contribution in [1.29, 1.82) is 0 Å². The number of nitrogens with zero attached hydrogens (tertiary/aromatic N) is 2. The van der Waals surface area contributed by atoms with Crippen LogP contribution in [0, 0.1) is 0 Å². The Morgan fingerprint density at radius 3 is 2.52 bits per heavy atom. The number of ether oxygens (including phenoxy) is 1. The van der Waals surface area contributed by atoms with E-state index in [1.165, 1.54) is 32.1 Å². The van der Waals surface area contributed by atoms with Gasteiger partial charge in [0.25, 0.3) is 0 Å².